The van der Waals surface area contributed by atoms with Crippen molar-refractivity contribution < 1.29 is 32.3 Å². The molecule has 1 spiro atoms. The zero-order valence-electron chi connectivity index (χ0n) is 20.8. The van der Waals surface area contributed by atoms with Crippen molar-refractivity contribution in [1.82, 2.24) is 15.5 Å². The van der Waals surface area contributed by atoms with Gasteiger partial charge in [0.25, 0.3) is 0 Å². The first-order valence-electron chi connectivity index (χ1n) is 12.6. The third-order valence-corrected chi connectivity index (χ3v) is 7.10. The van der Waals surface area contributed by atoms with Crippen molar-refractivity contribution in [2.24, 2.45) is 0 Å². The SMILES string of the molecule is CC(NC(=O)ON1N(Cc2ccc(C(F)(F)F)cc2)C(=O)OC12CCCCC2)c1cccc2ccccc12. The molecule has 5 rings (SSSR count). The van der Waals surface area contributed by atoms with E-state index in [9.17, 15) is 22.8 Å². The summed E-state index contributed by atoms with van der Waals surface area (Å²) in [6.07, 6.45) is -2.53. The number of hydrogen-bond donors (Lipinski definition) is 1. The highest BCUT2D eigenvalue weighted by atomic mass is 19.4. The van der Waals surface area contributed by atoms with Crippen molar-refractivity contribution in [2.75, 3.05) is 0 Å². The predicted molar refractivity (Wildman–Crippen MR) is 133 cm³/mol. The van der Waals surface area contributed by atoms with E-state index in [0.717, 1.165) is 52.7 Å². The van der Waals surface area contributed by atoms with Crippen molar-refractivity contribution in [3.63, 3.8) is 0 Å². The number of hydrazine groups is 1. The summed E-state index contributed by atoms with van der Waals surface area (Å²) in [5.41, 5.74) is -0.603. The van der Waals surface area contributed by atoms with Gasteiger partial charge in [0, 0.05) is 18.0 Å². The summed E-state index contributed by atoms with van der Waals surface area (Å²) in [7, 11) is 0. The zero-order valence-corrected chi connectivity index (χ0v) is 20.8. The highest BCUT2D eigenvalue weighted by Gasteiger charge is 2.55. The molecular weight excluding hydrogens is 499 g/mol. The van der Waals surface area contributed by atoms with Crippen LogP contribution >= 0.6 is 0 Å². The van der Waals surface area contributed by atoms with E-state index in [1.54, 1.807) is 0 Å². The van der Waals surface area contributed by atoms with Gasteiger partial charge in [-0.15, -0.1) is 0 Å². The van der Waals surface area contributed by atoms with Gasteiger partial charge >= 0.3 is 18.4 Å². The summed E-state index contributed by atoms with van der Waals surface area (Å²) in [5.74, 6) is 0. The minimum atomic E-state index is -4.47. The molecule has 3 aromatic carbocycles. The van der Waals surface area contributed by atoms with E-state index >= 15 is 0 Å². The van der Waals surface area contributed by atoms with Crippen LogP contribution in [0.3, 0.4) is 0 Å². The summed E-state index contributed by atoms with van der Waals surface area (Å²) >= 11 is 0. The fourth-order valence-electron chi connectivity index (χ4n) is 5.17. The van der Waals surface area contributed by atoms with Gasteiger partial charge in [0.05, 0.1) is 18.2 Å². The van der Waals surface area contributed by atoms with Gasteiger partial charge in [0.15, 0.2) is 0 Å². The zero-order chi connectivity index (χ0) is 26.9. The van der Waals surface area contributed by atoms with E-state index in [4.69, 9.17) is 9.57 Å². The number of halogens is 3. The molecule has 38 heavy (non-hydrogen) atoms. The summed E-state index contributed by atoms with van der Waals surface area (Å²) in [6.45, 7) is 1.72. The third kappa shape index (κ3) is 5.13. The Bertz CT molecular complexity index is 1320. The Hall–Kier alpha value is -3.79. The third-order valence-electron chi connectivity index (χ3n) is 7.10. The molecule has 1 aliphatic carbocycles. The second-order valence-corrected chi connectivity index (χ2v) is 9.71. The van der Waals surface area contributed by atoms with Crippen LogP contribution in [0, 0.1) is 0 Å². The number of fused-ring (bicyclic) bond motifs is 1. The largest absolute Gasteiger partial charge is 0.429 e. The second kappa shape index (κ2) is 10.2. The number of nitrogens with one attached hydrogen (secondary N) is 1. The van der Waals surface area contributed by atoms with E-state index in [1.165, 1.54) is 17.3 Å². The molecule has 2 amide bonds. The van der Waals surface area contributed by atoms with Crippen molar-refractivity contribution in [3.05, 3.63) is 83.4 Å². The first kappa shape index (κ1) is 25.8. The summed E-state index contributed by atoms with van der Waals surface area (Å²) in [4.78, 5) is 31.8. The molecule has 1 N–H and O–H groups in total. The number of nitrogens with zero attached hydrogens (tertiary/aromatic N) is 2. The van der Waals surface area contributed by atoms with Gasteiger partial charge in [0.2, 0.25) is 5.72 Å². The molecule has 1 atom stereocenters. The van der Waals surface area contributed by atoms with Gasteiger partial charge in [-0.1, -0.05) is 61.0 Å². The van der Waals surface area contributed by atoms with E-state index in [1.807, 2.05) is 49.4 Å². The van der Waals surface area contributed by atoms with Crippen LogP contribution in [-0.4, -0.2) is 28.1 Å². The predicted octanol–water partition coefficient (Wildman–Crippen LogP) is 7.09. The lowest BCUT2D eigenvalue weighted by Crippen LogP contribution is -2.53. The number of hydroxylamine groups is 1. The van der Waals surface area contributed by atoms with Crippen molar-refractivity contribution in [2.45, 2.75) is 63.5 Å². The van der Waals surface area contributed by atoms with Crippen LogP contribution in [0.2, 0.25) is 0 Å². The molecule has 7 nitrogen and oxygen atoms in total. The molecular formula is C28H28F3N3O4. The monoisotopic (exact) mass is 527 g/mol. The first-order valence-corrected chi connectivity index (χ1v) is 12.6. The van der Waals surface area contributed by atoms with Gasteiger partial charge in [-0.2, -0.15) is 18.2 Å². The standard InChI is InChI=1S/C28H28F3N3O4/c1-19(23-11-7-9-21-8-3-4-10-24(21)23)32-25(35)38-34-27(16-5-2-6-17-27)37-26(36)33(34)18-20-12-14-22(15-13-20)28(29,30)31/h3-4,7-15,19H,2,5-6,16-18H2,1H3,(H,32,35). The van der Waals surface area contributed by atoms with Crippen LogP contribution in [0.5, 0.6) is 0 Å². The lowest BCUT2D eigenvalue weighted by Gasteiger charge is -2.37. The van der Waals surface area contributed by atoms with Gasteiger partial charge in [0.1, 0.15) is 0 Å². The number of amides is 2. The first-order chi connectivity index (χ1) is 18.2. The molecule has 1 saturated heterocycles. The van der Waals surface area contributed by atoms with Crippen LogP contribution in [0.15, 0.2) is 66.7 Å². The second-order valence-electron chi connectivity index (χ2n) is 9.71. The molecule has 0 bridgehead atoms. The van der Waals surface area contributed by atoms with Crippen molar-refractivity contribution in [3.8, 4) is 0 Å². The molecule has 1 heterocycles. The molecule has 0 aromatic heterocycles. The fraction of sp³-hybridized carbons (Fsp3) is 0.357. The number of ether oxygens (including phenoxy) is 1. The Morgan fingerprint density at radius 1 is 1.03 bits per heavy atom. The molecule has 3 aromatic rings. The highest BCUT2D eigenvalue weighted by molar-refractivity contribution is 5.86. The van der Waals surface area contributed by atoms with Crippen molar-refractivity contribution >= 4 is 23.0 Å². The summed E-state index contributed by atoms with van der Waals surface area (Å²) in [6, 6.07) is 17.8. The van der Waals surface area contributed by atoms with E-state index in [0.29, 0.717) is 18.4 Å². The smallest absolute Gasteiger partial charge is 0.421 e. The van der Waals surface area contributed by atoms with Crippen LogP contribution in [-0.2, 0) is 22.3 Å². The Labute approximate surface area is 218 Å². The average molecular weight is 528 g/mol. The molecule has 2 fully saturated rings. The molecule has 1 aliphatic heterocycles. The Morgan fingerprint density at radius 3 is 2.42 bits per heavy atom. The Morgan fingerprint density at radius 2 is 1.71 bits per heavy atom. The Balaban J connectivity index is 1.36. The molecule has 2 aliphatic rings. The van der Waals surface area contributed by atoms with Gasteiger partial charge in [-0.05, 0) is 53.8 Å². The quantitative estimate of drug-likeness (QED) is 0.384. The summed E-state index contributed by atoms with van der Waals surface area (Å²) in [5, 5.41) is 7.18. The van der Waals surface area contributed by atoms with E-state index in [-0.39, 0.29) is 6.54 Å². The maximum atomic E-state index is 13.1. The number of rotatable bonds is 5. The van der Waals surface area contributed by atoms with Crippen LogP contribution in [0.4, 0.5) is 22.8 Å². The Kier molecular flexibility index (Phi) is 6.92. The van der Waals surface area contributed by atoms with Gasteiger partial charge in [-0.25, -0.2) is 9.59 Å². The van der Waals surface area contributed by atoms with E-state index < -0.39 is 35.7 Å². The minimum absolute atomic E-state index is 0.120. The van der Waals surface area contributed by atoms with Gasteiger partial charge < -0.3 is 14.9 Å². The fourth-order valence-corrected chi connectivity index (χ4v) is 5.17. The molecule has 10 heteroatoms. The molecule has 1 unspecified atom stereocenters. The topological polar surface area (TPSA) is 71.1 Å². The number of carbonyl (C=O) groups is 2. The number of benzene rings is 3. The molecule has 0 radical (unpaired) electrons. The normalized spacial score (nSPS) is 18.4. The molecule has 1 saturated carbocycles. The van der Waals surface area contributed by atoms with Crippen LogP contribution in [0.25, 0.3) is 10.8 Å². The average Bonchev–Trinajstić information content (AvgIpc) is 3.13. The van der Waals surface area contributed by atoms with Crippen LogP contribution < -0.4 is 5.32 Å². The van der Waals surface area contributed by atoms with E-state index in [2.05, 4.69) is 5.32 Å². The van der Waals surface area contributed by atoms with Crippen molar-refractivity contribution in [1.29, 1.82) is 0 Å². The van der Waals surface area contributed by atoms with Gasteiger partial charge in [-0.3, -0.25) is 0 Å². The minimum Gasteiger partial charge on any atom is -0.421 e. The number of carbonyl (C=O) groups excluding carboxylic acids is 2. The lowest BCUT2D eigenvalue weighted by atomic mass is 9.92. The maximum Gasteiger partial charge on any atom is 0.429 e. The highest BCUT2D eigenvalue weighted by Crippen LogP contribution is 2.42. The maximum absolute atomic E-state index is 13.1. The van der Waals surface area contributed by atoms with Crippen LogP contribution in [0.1, 0.15) is 61.8 Å². The number of alkyl halides is 3. The summed E-state index contributed by atoms with van der Waals surface area (Å²) < 4.78 is 44.7. The lowest BCUT2D eigenvalue weighted by molar-refractivity contribution is -0.301. The number of hydrogen-bond acceptors (Lipinski definition) is 5. The molecule has 200 valence electrons.